The third kappa shape index (κ3) is 5.07. The first kappa shape index (κ1) is 16.4. The molecule has 1 aromatic rings. The highest BCUT2D eigenvalue weighted by Crippen LogP contribution is 2.32. The monoisotopic (exact) mass is 324 g/mol. The maximum absolute atomic E-state index is 11.2. The van der Waals surface area contributed by atoms with Crippen molar-refractivity contribution in [2.75, 3.05) is 19.9 Å². The number of benzene rings is 1. The zero-order valence-electron chi connectivity index (χ0n) is 12.5. The molecular weight excluding hydrogens is 304 g/mol. The Morgan fingerprint density at radius 3 is 2.95 bits per heavy atom. The second kappa shape index (κ2) is 8.43. The molecule has 22 heavy (non-hydrogen) atoms. The summed E-state index contributed by atoms with van der Waals surface area (Å²) >= 11 is 5.19. The zero-order chi connectivity index (χ0) is 15.8. The van der Waals surface area contributed by atoms with Gasteiger partial charge in [-0.3, -0.25) is 4.79 Å². The number of esters is 1. The summed E-state index contributed by atoms with van der Waals surface area (Å²) in [6.45, 7) is 3.71. The van der Waals surface area contributed by atoms with E-state index in [0.717, 1.165) is 17.1 Å². The number of fused-ring (bicyclic) bond motifs is 1. The van der Waals surface area contributed by atoms with Gasteiger partial charge in [0.05, 0.1) is 6.61 Å². The van der Waals surface area contributed by atoms with Crippen LogP contribution in [-0.4, -0.2) is 31.0 Å². The number of ether oxygens (including phenoxy) is 3. The van der Waals surface area contributed by atoms with Gasteiger partial charge in [-0.05, 0) is 43.3 Å². The van der Waals surface area contributed by atoms with Gasteiger partial charge in [0.25, 0.3) is 0 Å². The van der Waals surface area contributed by atoms with E-state index in [1.807, 2.05) is 18.2 Å². The van der Waals surface area contributed by atoms with Crippen molar-refractivity contribution < 1.29 is 19.0 Å². The Kier molecular flexibility index (Phi) is 6.27. The summed E-state index contributed by atoms with van der Waals surface area (Å²) in [7, 11) is 0. The molecule has 0 aromatic heterocycles. The van der Waals surface area contributed by atoms with E-state index in [-0.39, 0.29) is 12.8 Å². The van der Waals surface area contributed by atoms with Crippen molar-refractivity contribution >= 4 is 23.3 Å². The molecule has 0 saturated carbocycles. The van der Waals surface area contributed by atoms with E-state index in [4.69, 9.17) is 26.4 Å². The highest BCUT2D eigenvalue weighted by atomic mass is 32.1. The molecule has 0 atom stereocenters. The number of rotatable bonds is 7. The van der Waals surface area contributed by atoms with Crippen LogP contribution in [0, 0.1) is 0 Å². The van der Waals surface area contributed by atoms with E-state index >= 15 is 0 Å². The summed E-state index contributed by atoms with van der Waals surface area (Å²) < 4.78 is 15.4. The fourth-order valence-corrected chi connectivity index (χ4v) is 2.14. The molecule has 0 bridgehead atoms. The van der Waals surface area contributed by atoms with Gasteiger partial charge in [-0.15, -0.1) is 0 Å². The van der Waals surface area contributed by atoms with Gasteiger partial charge >= 0.3 is 5.97 Å². The predicted octanol–water partition coefficient (Wildman–Crippen LogP) is 1.72. The number of thiocarbonyl (C=S) groups is 1. The number of hydrogen-bond acceptors (Lipinski definition) is 5. The second-order valence-corrected chi connectivity index (χ2v) is 5.11. The van der Waals surface area contributed by atoms with E-state index in [2.05, 4.69) is 10.6 Å². The van der Waals surface area contributed by atoms with Crippen LogP contribution in [0.1, 0.15) is 25.3 Å². The zero-order valence-corrected chi connectivity index (χ0v) is 13.3. The Morgan fingerprint density at radius 1 is 1.32 bits per heavy atom. The molecule has 0 radical (unpaired) electrons. The average molecular weight is 324 g/mol. The van der Waals surface area contributed by atoms with Crippen LogP contribution in [0.3, 0.4) is 0 Å². The summed E-state index contributed by atoms with van der Waals surface area (Å²) in [5, 5.41) is 6.73. The number of carbonyl (C=O) groups excluding carboxylic acids is 1. The smallest absolute Gasteiger partial charge is 0.305 e. The van der Waals surface area contributed by atoms with Crippen LogP contribution in [0.4, 0.5) is 0 Å². The van der Waals surface area contributed by atoms with Gasteiger partial charge in [-0.25, -0.2) is 0 Å². The van der Waals surface area contributed by atoms with E-state index in [1.165, 1.54) is 0 Å². The Hall–Kier alpha value is -2.02. The fourth-order valence-electron chi connectivity index (χ4n) is 1.96. The van der Waals surface area contributed by atoms with Crippen molar-refractivity contribution in [1.82, 2.24) is 10.6 Å². The van der Waals surface area contributed by atoms with E-state index in [0.29, 0.717) is 37.7 Å². The van der Waals surface area contributed by atoms with Crippen molar-refractivity contribution in [2.45, 2.75) is 26.3 Å². The Morgan fingerprint density at radius 2 is 2.14 bits per heavy atom. The van der Waals surface area contributed by atoms with Crippen LogP contribution < -0.4 is 20.1 Å². The third-order valence-electron chi connectivity index (χ3n) is 3.04. The highest BCUT2D eigenvalue weighted by molar-refractivity contribution is 7.80. The molecule has 1 aromatic carbocycles. The Bertz CT molecular complexity index is 536. The minimum absolute atomic E-state index is 0.177. The minimum atomic E-state index is -0.177. The lowest BCUT2D eigenvalue weighted by Gasteiger charge is -2.10. The van der Waals surface area contributed by atoms with Crippen molar-refractivity contribution in [3.8, 4) is 11.5 Å². The van der Waals surface area contributed by atoms with E-state index < -0.39 is 0 Å². The van der Waals surface area contributed by atoms with Crippen LogP contribution in [-0.2, 0) is 16.1 Å². The number of nitrogens with one attached hydrogen (secondary N) is 2. The molecule has 120 valence electrons. The Balaban J connectivity index is 1.62. The van der Waals surface area contributed by atoms with Gasteiger partial charge in [-0.1, -0.05) is 6.07 Å². The average Bonchev–Trinajstić information content (AvgIpc) is 2.97. The molecule has 6 nitrogen and oxygen atoms in total. The maximum Gasteiger partial charge on any atom is 0.305 e. The molecule has 0 saturated heterocycles. The van der Waals surface area contributed by atoms with Crippen LogP contribution in [0.25, 0.3) is 0 Å². The molecule has 0 amide bonds. The second-order valence-electron chi connectivity index (χ2n) is 4.71. The van der Waals surface area contributed by atoms with Crippen LogP contribution >= 0.6 is 12.2 Å². The van der Waals surface area contributed by atoms with Gasteiger partial charge < -0.3 is 24.8 Å². The Labute approximate surface area is 135 Å². The molecule has 0 spiro atoms. The fraction of sp³-hybridized carbons (Fsp3) is 0.467. The van der Waals surface area contributed by atoms with Crippen LogP contribution in [0.15, 0.2) is 18.2 Å². The molecule has 2 rings (SSSR count). The molecular formula is C15H20N2O4S. The quantitative estimate of drug-likeness (QED) is 0.450. The van der Waals surface area contributed by atoms with Gasteiger partial charge in [0, 0.05) is 19.5 Å². The molecule has 0 aliphatic carbocycles. The molecule has 0 unspecified atom stereocenters. The molecule has 2 N–H and O–H groups in total. The minimum Gasteiger partial charge on any atom is -0.466 e. The topological polar surface area (TPSA) is 68.8 Å². The normalized spacial score (nSPS) is 11.9. The molecule has 1 heterocycles. The molecule has 1 aliphatic heterocycles. The lowest BCUT2D eigenvalue weighted by atomic mass is 10.2. The summed E-state index contributed by atoms with van der Waals surface area (Å²) in [5.41, 5.74) is 1.06. The molecule has 1 aliphatic rings. The summed E-state index contributed by atoms with van der Waals surface area (Å²) in [5.74, 6) is 1.35. The first-order valence-electron chi connectivity index (χ1n) is 7.25. The van der Waals surface area contributed by atoms with Crippen molar-refractivity contribution in [3.63, 3.8) is 0 Å². The van der Waals surface area contributed by atoms with Crippen LogP contribution in [0.2, 0.25) is 0 Å². The van der Waals surface area contributed by atoms with Gasteiger partial charge in [0.15, 0.2) is 16.6 Å². The molecule has 0 fully saturated rings. The summed E-state index contributed by atoms with van der Waals surface area (Å²) in [4.78, 5) is 11.2. The van der Waals surface area contributed by atoms with Gasteiger partial charge in [-0.2, -0.15) is 0 Å². The highest BCUT2D eigenvalue weighted by Gasteiger charge is 2.13. The summed E-state index contributed by atoms with van der Waals surface area (Å²) in [6.07, 6.45) is 1.08. The van der Waals surface area contributed by atoms with Gasteiger partial charge in [0.1, 0.15) is 0 Å². The van der Waals surface area contributed by atoms with Gasteiger partial charge in [0.2, 0.25) is 6.79 Å². The van der Waals surface area contributed by atoms with Crippen molar-refractivity contribution in [3.05, 3.63) is 23.8 Å². The van der Waals surface area contributed by atoms with Crippen LogP contribution in [0.5, 0.6) is 11.5 Å². The lowest BCUT2D eigenvalue weighted by Crippen LogP contribution is -2.35. The first-order valence-corrected chi connectivity index (χ1v) is 7.65. The molecule has 7 heteroatoms. The predicted molar refractivity (Wildman–Crippen MR) is 85.9 cm³/mol. The lowest BCUT2D eigenvalue weighted by molar-refractivity contribution is -0.143. The maximum atomic E-state index is 11.2. The largest absolute Gasteiger partial charge is 0.466 e. The SMILES string of the molecule is CCOC(=O)CCCNC(=S)NCc1ccc2c(c1)OCO2. The number of hydrogen-bond donors (Lipinski definition) is 2. The first-order chi connectivity index (χ1) is 10.7. The van der Waals surface area contributed by atoms with Crippen molar-refractivity contribution in [2.24, 2.45) is 0 Å². The standard InChI is InChI=1S/C15H20N2O4S/c1-2-19-14(18)4-3-7-16-15(22)17-9-11-5-6-12-13(8-11)21-10-20-12/h5-6,8H,2-4,7,9-10H2,1H3,(H2,16,17,22). The van der Waals surface area contributed by atoms with E-state index in [1.54, 1.807) is 6.92 Å². The summed E-state index contributed by atoms with van der Waals surface area (Å²) in [6, 6.07) is 5.78. The van der Waals surface area contributed by atoms with Crippen molar-refractivity contribution in [1.29, 1.82) is 0 Å². The number of carbonyl (C=O) groups is 1. The third-order valence-corrected chi connectivity index (χ3v) is 3.33. The van der Waals surface area contributed by atoms with E-state index in [9.17, 15) is 4.79 Å².